The highest BCUT2D eigenvalue weighted by Crippen LogP contribution is 2.27. The highest BCUT2D eigenvalue weighted by Gasteiger charge is 2.48. The van der Waals surface area contributed by atoms with Gasteiger partial charge in [0.1, 0.15) is 0 Å². The van der Waals surface area contributed by atoms with E-state index in [4.69, 9.17) is 0 Å². The molecule has 8 heteroatoms. The van der Waals surface area contributed by atoms with Gasteiger partial charge in [0, 0.05) is 25.6 Å². The monoisotopic (exact) mass is 410 g/mol. The molecule has 0 N–H and O–H groups in total. The molecule has 1 aromatic carbocycles. The van der Waals surface area contributed by atoms with Gasteiger partial charge in [-0.2, -0.15) is 0 Å². The molecule has 0 fully saturated rings. The van der Waals surface area contributed by atoms with Crippen LogP contribution in [0.1, 0.15) is 0 Å². The van der Waals surface area contributed by atoms with Gasteiger partial charge in [-0.3, -0.25) is 0 Å². The minimum Gasteiger partial charge on any atom is -0.204 e. The molecule has 0 heterocycles. The van der Waals surface area contributed by atoms with E-state index in [1.165, 1.54) is 0 Å². The first-order valence-electron chi connectivity index (χ1n) is 8.26. The van der Waals surface area contributed by atoms with Crippen molar-refractivity contribution in [2.45, 2.75) is 65.5 Å². The van der Waals surface area contributed by atoms with E-state index in [0.717, 1.165) is 0 Å². The molecule has 0 amide bonds. The minimum atomic E-state index is -2.63. The number of rotatable bonds is 4. The molecule has 0 aliphatic carbocycles. The molecule has 0 spiro atoms. The van der Waals surface area contributed by atoms with Crippen LogP contribution in [0.4, 0.5) is 17.6 Å². The molecular weight excluding hydrogens is 381 g/mol. The Bertz CT molecular complexity index is 570. The van der Waals surface area contributed by atoms with Crippen molar-refractivity contribution >= 4 is 40.7 Å². The van der Waals surface area contributed by atoms with Crippen molar-refractivity contribution < 1.29 is 17.6 Å². The third kappa shape index (κ3) is 3.26. The fourth-order valence-corrected chi connectivity index (χ4v) is 12.4. The lowest BCUT2D eigenvalue weighted by Gasteiger charge is -2.39. The number of benzene rings is 1. The summed E-state index contributed by atoms with van der Waals surface area (Å²) in [4.78, 5) is 0. The molecule has 0 saturated carbocycles. The van der Waals surface area contributed by atoms with Crippen molar-refractivity contribution in [3.8, 4) is 0 Å². The van der Waals surface area contributed by atoms with Crippen molar-refractivity contribution in [2.24, 2.45) is 0 Å². The van der Waals surface area contributed by atoms with Gasteiger partial charge in [-0.15, -0.1) is 0 Å². The van der Waals surface area contributed by atoms with E-state index in [9.17, 15) is 17.6 Å². The fourth-order valence-electron chi connectivity index (χ4n) is 2.48. The molecule has 0 atom stereocenters. The van der Waals surface area contributed by atoms with E-state index in [2.05, 4.69) is 0 Å². The van der Waals surface area contributed by atoms with E-state index < -0.39 is 53.6 Å². The van der Waals surface area contributed by atoms with Crippen molar-refractivity contribution in [3.05, 3.63) is 23.3 Å². The summed E-state index contributed by atoms with van der Waals surface area (Å²) in [5.41, 5.74) is 0. The second-order valence-corrected chi connectivity index (χ2v) is 42.8. The van der Waals surface area contributed by atoms with Crippen LogP contribution in [0.3, 0.4) is 0 Å². The highest BCUT2D eigenvalue weighted by molar-refractivity contribution is 7.46. The van der Waals surface area contributed by atoms with Gasteiger partial charge < -0.3 is 0 Å². The van der Waals surface area contributed by atoms with Gasteiger partial charge in [-0.25, -0.2) is 17.6 Å². The van der Waals surface area contributed by atoms with E-state index in [0.29, 0.717) is 0 Å². The average Bonchev–Trinajstić information content (AvgIpc) is 2.33. The Morgan fingerprint density at radius 2 is 0.583 bits per heavy atom. The largest absolute Gasteiger partial charge is 0.204 e. The molecule has 0 aliphatic heterocycles. The lowest BCUT2D eigenvalue weighted by molar-refractivity contribution is 0.471. The summed E-state index contributed by atoms with van der Waals surface area (Å²) in [6, 6.07) is 0. The van der Waals surface area contributed by atoms with Gasteiger partial charge in [0.15, 0.2) is 23.3 Å². The molecule has 1 aromatic rings. The van der Waals surface area contributed by atoms with Gasteiger partial charge >= 0.3 is 0 Å². The fraction of sp³-hybridized carbons (Fsp3) is 0.625. The Morgan fingerprint density at radius 1 is 0.417 bits per heavy atom. The first-order chi connectivity index (χ1) is 10.4. The lowest BCUT2D eigenvalue weighted by atomic mass is 10.3. The van der Waals surface area contributed by atoms with E-state index in [1.54, 1.807) is 0 Å². The summed E-state index contributed by atoms with van der Waals surface area (Å²) in [6.07, 6.45) is 0. The van der Waals surface area contributed by atoms with Gasteiger partial charge in [0.25, 0.3) is 0 Å². The van der Waals surface area contributed by atoms with Crippen LogP contribution in [-0.2, 0) is 0 Å². The zero-order valence-electron chi connectivity index (χ0n) is 16.5. The number of halogens is 4. The summed E-state index contributed by atoms with van der Waals surface area (Å²) in [6.45, 7) is 19.3. The molecule has 0 radical (unpaired) electrons. The van der Waals surface area contributed by atoms with Gasteiger partial charge in [-0.05, 0) is 0 Å². The predicted octanol–water partition coefficient (Wildman–Crippen LogP) is 4.91. The first kappa shape index (κ1) is 21.8. The number of hydrogen-bond donors (Lipinski definition) is 0. The molecule has 0 saturated heterocycles. The molecule has 0 aliphatic rings. The van der Waals surface area contributed by atoms with Crippen LogP contribution in [-0.4, -0.2) is 30.4 Å². The lowest BCUT2D eigenvalue weighted by Crippen LogP contribution is -2.67. The Labute approximate surface area is 147 Å². The summed E-state index contributed by atoms with van der Waals surface area (Å²) in [7, 11) is -9.23. The quantitative estimate of drug-likeness (QED) is 0.376. The molecule has 0 aromatic heterocycles. The summed E-state index contributed by atoms with van der Waals surface area (Å²) in [5.74, 6) is -4.55. The Balaban J connectivity index is 3.91. The third-order valence-electron chi connectivity index (χ3n) is 6.26. The van der Waals surface area contributed by atoms with Crippen LogP contribution in [0.25, 0.3) is 0 Å². The Kier molecular flexibility index (Phi) is 5.65. The van der Waals surface area contributed by atoms with Crippen LogP contribution in [0.5, 0.6) is 0 Å². The maximum Gasteiger partial charge on any atom is 0.160 e. The second kappa shape index (κ2) is 6.21. The third-order valence-corrected chi connectivity index (χ3v) is 41.1. The molecule has 0 unspecified atom stereocenters. The van der Waals surface area contributed by atoms with Gasteiger partial charge in [-0.1, -0.05) is 65.5 Å². The molecule has 1 rings (SSSR count). The topological polar surface area (TPSA) is 0 Å². The normalized spacial score (nSPS) is 14.2. The Morgan fingerprint density at radius 3 is 0.708 bits per heavy atom. The van der Waals surface area contributed by atoms with Gasteiger partial charge in [0.2, 0.25) is 0 Å². The number of hydrogen-bond acceptors (Lipinski definition) is 0. The summed E-state index contributed by atoms with van der Waals surface area (Å²) < 4.78 is 59.8. The first-order valence-corrected chi connectivity index (χ1v) is 23.3. The van der Waals surface area contributed by atoms with Gasteiger partial charge in [0.05, 0.1) is 15.2 Å². The SMILES string of the molecule is C[Si](C)(C)[Si](C)(C)c1c(F)c(F)c([Si](C)(C)[Si](C)(C)C)c(F)c1F. The van der Waals surface area contributed by atoms with Crippen LogP contribution in [0, 0.1) is 23.3 Å². The highest BCUT2D eigenvalue weighted by atomic mass is 29.3. The zero-order valence-corrected chi connectivity index (χ0v) is 20.5. The maximum atomic E-state index is 15.0. The average molecular weight is 411 g/mol. The molecule has 138 valence electrons. The predicted molar refractivity (Wildman–Crippen MR) is 107 cm³/mol. The Hall–Kier alpha value is -0.192. The minimum absolute atomic E-state index is 0.291. The molecule has 0 nitrogen and oxygen atoms in total. The van der Waals surface area contributed by atoms with E-state index in [-0.39, 0.29) is 10.4 Å². The molecule has 0 bridgehead atoms. The zero-order chi connectivity index (χ0) is 19.5. The molecular formula is C16H30F4Si4. The van der Waals surface area contributed by atoms with E-state index >= 15 is 0 Å². The van der Waals surface area contributed by atoms with Crippen molar-refractivity contribution in [1.29, 1.82) is 0 Å². The molecule has 24 heavy (non-hydrogen) atoms. The summed E-state index contributed by atoms with van der Waals surface area (Å²) in [5, 5.41) is -0.582. The summed E-state index contributed by atoms with van der Waals surface area (Å²) >= 11 is 0. The van der Waals surface area contributed by atoms with Crippen LogP contribution >= 0.6 is 0 Å². The van der Waals surface area contributed by atoms with Crippen molar-refractivity contribution in [2.75, 3.05) is 0 Å². The van der Waals surface area contributed by atoms with E-state index in [1.807, 2.05) is 65.5 Å². The second-order valence-electron chi connectivity index (χ2n) is 9.76. The van der Waals surface area contributed by atoms with Crippen molar-refractivity contribution in [3.63, 3.8) is 0 Å². The smallest absolute Gasteiger partial charge is 0.160 e. The maximum absolute atomic E-state index is 15.0. The van der Waals surface area contributed by atoms with Crippen LogP contribution in [0.15, 0.2) is 0 Å². The standard InChI is InChI=1S/C16H30F4Si4/c1-21(2,3)23(7,8)15-11(17)13(19)16(14(20)12(15)18)24(9,10)22(4,5)6/h1-10H3. The van der Waals surface area contributed by atoms with Crippen LogP contribution < -0.4 is 10.4 Å². The van der Waals surface area contributed by atoms with Crippen LogP contribution in [0.2, 0.25) is 65.5 Å². The van der Waals surface area contributed by atoms with Crippen molar-refractivity contribution in [1.82, 2.24) is 0 Å².